The zero-order chi connectivity index (χ0) is 17.5. The van der Waals surface area contributed by atoms with Crippen molar-refractivity contribution < 1.29 is 9.53 Å². The van der Waals surface area contributed by atoms with E-state index in [2.05, 4.69) is 29.6 Å². The van der Waals surface area contributed by atoms with Gasteiger partial charge in [-0.3, -0.25) is 4.79 Å². The fourth-order valence-corrected chi connectivity index (χ4v) is 3.02. The van der Waals surface area contributed by atoms with Crippen molar-refractivity contribution in [3.05, 3.63) is 65.7 Å². The molecular formula is C21H27ClN2O2. The van der Waals surface area contributed by atoms with E-state index in [4.69, 9.17) is 10.5 Å². The van der Waals surface area contributed by atoms with Crippen LogP contribution in [0.5, 0.6) is 5.75 Å². The highest BCUT2D eigenvalue weighted by Crippen LogP contribution is 2.47. The SMILES string of the molecule is Cl.NCCCCNC(=O)C1CC1c1ccc(OCc2ccccc2)cc1. The zero-order valence-corrected chi connectivity index (χ0v) is 15.7. The predicted molar refractivity (Wildman–Crippen MR) is 107 cm³/mol. The number of hydrogen-bond acceptors (Lipinski definition) is 3. The van der Waals surface area contributed by atoms with E-state index in [1.807, 2.05) is 30.3 Å². The third-order valence-corrected chi connectivity index (χ3v) is 4.61. The Morgan fingerprint density at radius 3 is 2.50 bits per heavy atom. The first-order valence-electron chi connectivity index (χ1n) is 9.02. The molecule has 2 unspecified atom stereocenters. The summed E-state index contributed by atoms with van der Waals surface area (Å²) in [7, 11) is 0. The molecule has 0 aliphatic heterocycles. The van der Waals surface area contributed by atoms with Gasteiger partial charge in [0.05, 0.1) is 0 Å². The molecular weight excluding hydrogens is 348 g/mol. The lowest BCUT2D eigenvalue weighted by Crippen LogP contribution is -2.26. The summed E-state index contributed by atoms with van der Waals surface area (Å²) in [4.78, 5) is 12.1. The van der Waals surface area contributed by atoms with Crippen molar-refractivity contribution in [3.63, 3.8) is 0 Å². The van der Waals surface area contributed by atoms with Crippen molar-refractivity contribution >= 4 is 18.3 Å². The second-order valence-corrected chi connectivity index (χ2v) is 6.58. The molecule has 2 atom stereocenters. The Labute approximate surface area is 161 Å². The number of ether oxygens (including phenoxy) is 1. The van der Waals surface area contributed by atoms with E-state index < -0.39 is 0 Å². The largest absolute Gasteiger partial charge is 0.489 e. The van der Waals surface area contributed by atoms with Crippen molar-refractivity contribution in [1.82, 2.24) is 5.32 Å². The number of unbranched alkanes of at least 4 members (excludes halogenated alkanes) is 1. The van der Waals surface area contributed by atoms with Gasteiger partial charge >= 0.3 is 0 Å². The normalized spacial score (nSPS) is 17.9. The maximum absolute atomic E-state index is 12.1. The number of benzene rings is 2. The third-order valence-electron chi connectivity index (χ3n) is 4.61. The molecule has 2 aromatic rings. The Morgan fingerprint density at radius 1 is 1.08 bits per heavy atom. The van der Waals surface area contributed by atoms with Crippen LogP contribution >= 0.6 is 12.4 Å². The molecule has 0 bridgehead atoms. The summed E-state index contributed by atoms with van der Waals surface area (Å²) in [5, 5.41) is 3.01. The molecule has 4 nitrogen and oxygen atoms in total. The number of carbonyl (C=O) groups is 1. The van der Waals surface area contributed by atoms with Gasteiger partial charge in [-0.1, -0.05) is 42.5 Å². The molecule has 3 N–H and O–H groups in total. The Morgan fingerprint density at radius 2 is 1.81 bits per heavy atom. The number of hydrogen-bond donors (Lipinski definition) is 2. The van der Waals surface area contributed by atoms with Gasteiger partial charge in [0.25, 0.3) is 0 Å². The molecule has 0 heterocycles. The zero-order valence-electron chi connectivity index (χ0n) is 14.9. The molecule has 5 heteroatoms. The number of rotatable bonds is 9. The van der Waals surface area contributed by atoms with Gasteiger partial charge in [0.15, 0.2) is 0 Å². The molecule has 1 aliphatic carbocycles. The minimum Gasteiger partial charge on any atom is -0.489 e. The molecule has 140 valence electrons. The lowest BCUT2D eigenvalue weighted by atomic mass is 10.1. The van der Waals surface area contributed by atoms with Crippen LogP contribution < -0.4 is 15.8 Å². The quantitative estimate of drug-likeness (QED) is 0.658. The van der Waals surface area contributed by atoms with E-state index in [0.717, 1.165) is 37.1 Å². The van der Waals surface area contributed by atoms with E-state index in [0.29, 0.717) is 19.1 Å². The Bertz CT molecular complexity index is 676. The Kier molecular flexibility index (Phi) is 7.95. The van der Waals surface area contributed by atoms with E-state index in [9.17, 15) is 4.79 Å². The molecule has 0 aromatic heterocycles. The van der Waals surface area contributed by atoms with Gasteiger partial charge in [0, 0.05) is 12.5 Å². The number of nitrogens with one attached hydrogen (secondary N) is 1. The summed E-state index contributed by atoms with van der Waals surface area (Å²) in [5.74, 6) is 1.49. The van der Waals surface area contributed by atoms with Crippen LogP contribution in [0.25, 0.3) is 0 Å². The summed E-state index contributed by atoms with van der Waals surface area (Å²) in [6.45, 7) is 1.98. The van der Waals surface area contributed by atoms with E-state index in [-0.39, 0.29) is 24.2 Å². The lowest BCUT2D eigenvalue weighted by Gasteiger charge is -2.08. The van der Waals surface area contributed by atoms with Crippen LogP contribution in [0.1, 0.15) is 36.3 Å². The van der Waals surface area contributed by atoms with Crippen molar-refractivity contribution in [2.45, 2.75) is 31.8 Å². The molecule has 1 aliphatic rings. The highest BCUT2D eigenvalue weighted by molar-refractivity contribution is 5.85. The first-order valence-corrected chi connectivity index (χ1v) is 9.02. The van der Waals surface area contributed by atoms with Crippen LogP contribution in [0.3, 0.4) is 0 Å². The van der Waals surface area contributed by atoms with Crippen LogP contribution in [0.4, 0.5) is 0 Å². The van der Waals surface area contributed by atoms with E-state index in [1.54, 1.807) is 0 Å². The molecule has 1 saturated carbocycles. The smallest absolute Gasteiger partial charge is 0.223 e. The van der Waals surface area contributed by atoms with Gasteiger partial charge in [0.2, 0.25) is 5.91 Å². The standard InChI is InChI=1S/C21H26N2O2.ClH/c22-12-4-5-13-23-21(24)20-14-19(20)17-8-10-18(11-9-17)25-15-16-6-2-1-3-7-16;/h1-3,6-11,19-20H,4-5,12-15,22H2,(H,23,24);1H. The number of halogens is 1. The van der Waals surface area contributed by atoms with Gasteiger partial charge in [-0.2, -0.15) is 0 Å². The van der Waals surface area contributed by atoms with Crippen LogP contribution in [0.15, 0.2) is 54.6 Å². The average molecular weight is 375 g/mol. The third kappa shape index (κ3) is 5.75. The van der Waals surface area contributed by atoms with Crippen molar-refractivity contribution in [1.29, 1.82) is 0 Å². The maximum Gasteiger partial charge on any atom is 0.223 e. The Hall–Kier alpha value is -2.04. The van der Waals surface area contributed by atoms with Crippen LogP contribution in [0, 0.1) is 5.92 Å². The molecule has 3 rings (SSSR count). The molecule has 1 fully saturated rings. The topological polar surface area (TPSA) is 64.3 Å². The minimum absolute atomic E-state index is 0. The highest BCUT2D eigenvalue weighted by Gasteiger charge is 2.43. The summed E-state index contributed by atoms with van der Waals surface area (Å²) < 4.78 is 5.81. The predicted octanol–water partition coefficient (Wildman–Crippen LogP) is 3.65. The first-order chi connectivity index (χ1) is 12.3. The molecule has 0 saturated heterocycles. The molecule has 26 heavy (non-hydrogen) atoms. The Balaban J connectivity index is 0.00000243. The fraction of sp³-hybridized carbons (Fsp3) is 0.381. The maximum atomic E-state index is 12.1. The van der Waals surface area contributed by atoms with Gasteiger partial charge in [-0.25, -0.2) is 0 Å². The van der Waals surface area contributed by atoms with Crippen molar-refractivity contribution in [2.24, 2.45) is 11.7 Å². The summed E-state index contributed by atoms with van der Waals surface area (Å²) >= 11 is 0. The monoisotopic (exact) mass is 374 g/mol. The molecule has 0 radical (unpaired) electrons. The van der Waals surface area contributed by atoms with Gasteiger partial charge in [-0.15, -0.1) is 12.4 Å². The molecule has 0 spiro atoms. The number of amides is 1. The second kappa shape index (κ2) is 10.2. The van der Waals surface area contributed by atoms with Crippen LogP contribution in [-0.4, -0.2) is 19.0 Å². The molecule has 2 aromatic carbocycles. The van der Waals surface area contributed by atoms with Crippen LogP contribution in [0.2, 0.25) is 0 Å². The summed E-state index contributed by atoms with van der Waals surface area (Å²) in [6, 6.07) is 18.3. The second-order valence-electron chi connectivity index (χ2n) is 6.58. The van der Waals surface area contributed by atoms with Gasteiger partial charge in [0.1, 0.15) is 12.4 Å². The van der Waals surface area contributed by atoms with Crippen LogP contribution in [-0.2, 0) is 11.4 Å². The number of carbonyl (C=O) groups excluding carboxylic acids is 1. The van der Waals surface area contributed by atoms with E-state index in [1.165, 1.54) is 5.56 Å². The van der Waals surface area contributed by atoms with Crippen molar-refractivity contribution in [3.8, 4) is 5.75 Å². The number of nitrogens with two attached hydrogens (primary N) is 1. The fourth-order valence-electron chi connectivity index (χ4n) is 3.02. The van der Waals surface area contributed by atoms with E-state index >= 15 is 0 Å². The average Bonchev–Trinajstić information content (AvgIpc) is 3.46. The lowest BCUT2D eigenvalue weighted by molar-refractivity contribution is -0.122. The summed E-state index contributed by atoms with van der Waals surface area (Å²) in [5.41, 5.74) is 7.83. The van der Waals surface area contributed by atoms with Gasteiger partial charge < -0.3 is 15.8 Å². The van der Waals surface area contributed by atoms with Gasteiger partial charge in [-0.05, 0) is 55.0 Å². The highest BCUT2D eigenvalue weighted by atomic mass is 35.5. The van der Waals surface area contributed by atoms with Crippen molar-refractivity contribution in [2.75, 3.05) is 13.1 Å². The molecule has 1 amide bonds. The summed E-state index contributed by atoms with van der Waals surface area (Å²) in [6.07, 6.45) is 2.85. The minimum atomic E-state index is 0. The first kappa shape index (κ1) is 20.3.